The maximum absolute atomic E-state index is 13.2. The van der Waals surface area contributed by atoms with Gasteiger partial charge in [-0.1, -0.05) is 17.7 Å². The molecule has 0 saturated carbocycles. The van der Waals surface area contributed by atoms with Gasteiger partial charge in [0.05, 0.1) is 15.5 Å². The first-order valence-corrected chi connectivity index (χ1v) is 10.1. The normalized spacial score (nSPS) is 11.0. The van der Waals surface area contributed by atoms with Crippen LogP contribution in [-0.4, -0.2) is 30.4 Å². The lowest BCUT2D eigenvalue weighted by molar-refractivity contribution is 0.0696. The molecule has 11 heteroatoms. The van der Waals surface area contributed by atoms with Crippen molar-refractivity contribution in [2.75, 3.05) is 10.0 Å². The number of amides is 1. The summed E-state index contributed by atoms with van der Waals surface area (Å²) >= 11 is 5.68. The van der Waals surface area contributed by atoms with Gasteiger partial charge in [-0.2, -0.15) is 0 Å². The number of carboxylic acid groups (broad SMARTS) is 1. The average molecular weight is 450 g/mol. The summed E-state index contributed by atoms with van der Waals surface area (Å²) in [6.07, 6.45) is 1.22. The number of anilines is 2. The van der Waals surface area contributed by atoms with Crippen LogP contribution in [0.15, 0.2) is 65.7 Å². The molecular formula is C19H13ClFN3O5S. The Labute approximate surface area is 175 Å². The van der Waals surface area contributed by atoms with Crippen LogP contribution in [0.25, 0.3) is 0 Å². The molecule has 0 radical (unpaired) electrons. The Morgan fingerprint density at radius 1 is 1.03 bits per heavy atom. The van der Waals surface area contributed by atoms with E-state index in [4.69, 9.17) is 16.7 Å². The molecule has 0 saturated heterocycles. The molecule has 1 aromatic heterocycles. The molecule has 0 unspecified atom stereocenters. The van der Waals surface area contributed by atoms with Crippen LogP contribution >= 0.6 is 11.6 Å². The SMILES string of the molecule is O=C(O)c1cccc(S(=O)(=O)Nc2cc(C(=O)Nc3ccc(F)c(Cl)c3)ccn2)c1. The number of carboxylic acids is 1. The van der Waals surface area contributed by atoms with E-state index in [9.17, 15) is 22.4 Å². The van der Waals surface area contributed by atoms with Crippen LogP contribution < -0.4 is 10.0 Å². The van der Waals surface area contributed by atoms with E-state index in [2.05, 4.69) is 15.0 Å². The highest BCUT2D eigenvalue weighted by molar-refractivity contribution is 7.92. The minimum absolute atomic E-state index is 0.0717. The molecular weight excluding hydrogens is 437 g/mol. The van der Waals surface area contributed by atoms with E-state index in [1.54, 1.807) is 0 Å². The van der Waals surface area contributed by atoms with E-state index in [-0.39, 0.29) is 32.6 Å². The number of hydrogen-bond acceptors (Lipinski definition) is 5. The van der Waals surface area contributed by atoms with Gasteiger partial charge in [-0.3, -0.25) is 9.52 Å². The van der Waals surface area contributed by atoms with Gasteiger partial charge in [-0.25, -0.2) is 22.6 Å². The molecule has 0 aliphatic carbocycles. The van der Waals surface area contributed by atoms with Gasteiger partial charge in [-0.15, -0.1) is 0 Å². The fourth-order valence-corrected chi connectivity index (χ4v) is 3.62. The number of pyridine rings is 1. The van der Waals surface area contributed by atoms with E-state index < -0.39 is 27.7 Å². The van der Waals surface area contributed by atoms with Gasteiger partial charge in [0.15, 0.2) is 0 Å². The third-order valence-electron chi connectivity index (χ3n) is 3.83. The van der Waals surface area contributed by atoms with Crippen LogP contribution in [0.1, 0.15) is 20.7 Å². The summed E-state index contributed by atoms with van der Waals surface area (Å²) < 4.78 is 40.5. The van der Waals surface area contributed by atoms with Crippen molar-refractivity contribution >= 4 is 45.0 Å². The van der Waals surface area contributed by atoms with Gasteiger partial charge < -0.3 is 10.4 Å². The van der Waals surface area contributed by atoms with Crippen LogP contribution in [0.2, 0.25) is 5.02 Å². The Morgan fingerprint density at radius 3 is 2.50 bits per heavy atom. The lowest BCUT2D eigenvalue weighted by atomic mass is 10.2. The standard InChI is InChI=1S/C19H13ClFN3O5S/c20-15-10-13(4-5-16(15)21)23-18(25)11-6-7-22-17(9-11)24-30(28,29)14-3-1-2-12(8-14)19(26)27/h1-10H,(H,22,24)(H,23,25)(H,26,27). The number of benzene rings is 2. The van der Waals surface area contributed by atoms with E-state index in [1.165, 1.54) is 48.7 Å². The lowest BCUT2D eigenvalue weighted by Crippen LogP contribution is -2.16. The molecule has 30 heavy (non-hydrogen) atoms. The molecule has 0 atom stereocenters. The number of carbonyl (C=O) groups is 2. The third kappa shape index (κ3) is 4.91. The number of aromatic carboxylic acids is 1. The van der Waals surface area contributed by atoms with E-state index in [0.29, 0.717) is 0 Å². The Hall–Kier alpha value is -3.50. The third-order valence-corrected chi connectivity index (χ3v) is 5.47. The second-order valence-electron chi connectivity index (χ2n) is 5.95. The second kappa shape index (κ2) is 8.47. The van der Waals surface area contributed by atoms with Crippen molar-refractivity contribution in [2.45, 2.75) is 4.90 Å². The first kappa shape index (κ1) is 21.2. The fraction of sp³-hybridized carbons (Fsp3) is 0. The number of sulfonamides is 1. The summed E-state index contributed by atoms with van der Waals surface area (Å²) in [6.45, 7) is 0. The largest absolute Gasteiger partial charge is 0.478 e. The van der Waals surface area contributed by atoms with Crippen molar-refractivity contribution in [2.24, 2.45) is 0 Å². The molecule has 1 heterocycles. The minimum atomic E-state index is -4.15. The molecule has 2 aromatic carbocycles. The summed E-state index contributed by atoms with van der Waals surface area (Å²) in [7, 11) is -4.15. The predicted molar refractivity (Wildman–Crippen MR) is 108 cm³/mol. The zero-order valence-electron chi connectivity index (χ0n) is 15.0. The van der Waals surface area contributed by atoms with E-state index >= 15 is 0 Å². The second-order valence-corrected chi connectivity index (χ2v) is 8.04. The number of carbonyl (C=O) groups excluding carboxylic acids is 1. The number of halogens is 2. The highest BCUT2D eigenvalue weighted by atomic mass is 35.5. The average Bonchev–Trinajstić information content (AvgIpc) is 2.70. The molecule has 154 valence electrons. The maximum Gasteiger partial charge on any atom is 0.335 e. The Bertz CT molecular complexity index is 1250. The van der Waals surface area contributed by atoms with Crippen LogP contribution in [0, 0.1) is 5.82 Å². The van der Waals surface area contributed by atoms with Crippen molar-refractivity contribution in [3.63, 3.8) is 0 Å². The highest BCUT2D eigenvalue weighted by Gasteiger charge is 2.18. The van der Waals surface area contributed by atoms with E-state index in [1.807, 2.05) is 0 Å². The van der Waals surface area contributed by atoms with Gasteiger partial charge in [0.25, 0.3) is 15.9 Å². The molecule has 3 N–H and O–H groups in total. The molecule has 3 aromatic rings. The van der Waals surface area contributed by atoms with Gasteiger partial charge in [0, 0.05) is 17.4 Å². The fourth-order valence-electron chi connectivity index (χ4n) is 2.40. The Kier molecular flexibility index (Phi) is 5.99. The molecule has 0 fully saturated rings. The van der Waals surface area contributed by atoms with Crippen molar-refractivity contribution < 1.29 is 27.5 Å². The van der Waals surface area contributed by atoms with Crippen LogP contribution in [0.4, 0.5) is 15.9 Å². The molecule has 8 nitrogen and oxygen atoms in total. The number of nitrogens with zero attached hydrogens (tertiary/aromatic N) is 1. The Morgan fingerprint density at radius 2 is 1.80 bits per heavy atom. The number of nitrogens with one attached hydrogen (secondary N) is 2. The van der Waals surface area contributed by atoms with Gasteiger partial charge in [0.1, 0.15) is 11.6 Å². The zero-order valence-corrected chi connectivity index (χ0v) is 16.5. The van der Waals surface area contributed by atoms with Crippen molar-refractivity contribution in [3.8, 4) is 0 Å². The molecule has 0 bridgehead atoms. The summed E-state index contributed by atoms with van der Waals surface area (Å²) in [5.41, 5.74) is 0.121. The molecule has 3 rings (SSSR count). The maximum atomic E-state index is 13.2. The first-order valence-electron chi connectivity index (χ1n) is 8.24. The molecule has 1 amide bonds. The molecule has 0 aliphatic rings. The van der Waals surface area contributed by atoms with Gasteiger partial charge >= 0.3 is 5.97 Å². The van der Waals surface area contributed by atoms with E-state index in [0.717, 1.165) is 12.1 Å². The zero-order chi connectivity index (χ0) is 21.9. The smallest absolute Gasteiger partial charge is 0.335 e. The summed E-state index contributed by atoms with van der Waals surface area (Å²) in [5, 5.41) is 11.4. The van der Waals surface area contributed by atoms with Crippen molar-refractivity contribution in [3.05, 3.63) is 82.8 Å². The first-order chi connectivity index (χ1) is 14.2. The van der Waals surface area contributed by atoms with Crippen molar-refractivity contribution in [1.82, 2.24) is 4.98 Å². The highest BCUT2D eigenvalue weighted by Crippen LogP contribution is 2.21. The minimum Gasteiger partial charge on any atom is -0.478 e. The van der Waals surface area contributed by atoms with Crippen LogP contribution in [0.3, 0.4) is 0 Å². The predicted octanol–water partition coefficient (Wildman–Crippen LogP) is 3.63. The number of aromatic nitrogens is 1. The number of hydrogen-bond donors (Lipinski definition) is 3. The topological polar surface area (TPSA) is 125 Å². The van der Waals surface area contributed by atoms with Crippen LogP contribution in [0.5, 0.6) is 0 Å². The monoisotopic (exact) mass is 449 g/mol. The van der Waals surface area contributed by atoms with Gasteiger partial charge in [0.2, 0.25) is 0 Å². The quantitative estimate of drug-likeness (QED) is 0.527. The van der Waals surface area contributed by atoms with Gasteiger partial charge in [-0.05, 0) is 48.5 Å². The number of rotatable bonds is 6. The summed E-state index contributed by atoms with van der Waals surface area (Å²) in [5.74, 6) is -2.67. The summed E-state index contributed by atoms with van der Waals surface area (Å²) in [6, 6.07) is 11.0. The Balaban J connectivity index is 1.81. The lowest BCUT2D eigenvalue weighted by Gasteiger charge is -2.10. The van der Waals surface area contributed by atoms with Crippen molar-refractivity contribution in [1.29, 1.82) is 0 Å². The molecule has 0 aliphatic heterocycles. The summed E-state index contributed by atoms with van der Waals surface area (Å²) in [4.78, 5) is 27.0. The van der Waals surface area contributed by atoms with Crippen LogP contribution in [-0.2, 0) is 10.0 Å². The molecule has 0 spiro atoms.